The summed E-state index contributed by atoms with van der Waals surface area (Å²) in [6.07, 6.45) is 5.08. The zero-order valence-corrected chi connectivity index (χ0v) is 24.2. The molecule has 0 radical (unpaired) electrons. The number of pyridine rings is 1. The van der Waals surface area contributed by atoms with Crippen LogP contribution in [0.4, 0.5) is 4.39 Å². The van der Waals surface area contributed by atoms with E-state index in [1.165, 1.54) is 28.5 Å². The van der Waals surface area contributed by atoms with Crippen LogP contribution in [-0.2, 0) is 17.8 Å². The molecule has 6 nitrogen and oxygen atoms in total. The topological polar surface area (TPSA) is 80.1 Å². The molecule has 0 unspecified atom stereocenters. The molecule has 7 heteroatoms. The van der Waals surface area contributed by atoms with Gasteiger partial charge in [-0.3, -0.25) is 9.88 Å². The summed E-state index contributed by atoms with van der Waals surface area (Å²) in [6, 6.07) is 13.7. The fourth-order valence-electron chi connectivity index (χ4n) is 6.49. The van der Waals surface area contributed by atoms with Crippen LogP contribution in [0.25, 0.3) is 33.3 Å². The van der Waals surface area contributed by atoms with Gasteiger partial charge in [-0.1, -0.05) is 6.07 Å². The molecule has 0 aliphatic carbocycles. The Morgan fingerprint density at radius 1 is 1.05 bits per heavy atom. The first kappa shape index (κ1) is 27.6. The largest absolute Gasteiger partial charge is 0.381 e. The smallest absolute Gasteiger partial charge is 0.141 e. The normalized spacial score (nSPS) is 18.3. The summed E-state index contributed by atoms with van der Waals surface area (Å²) in [7, 11) is 0. The van der Waals surface area contributed by atoms with Gasteiger partial charge < -0.3 is 15.0 Å². The number of benzene rings is 2. The molecule has 2 aromatic carbocycles. The Kier molecular flexibility index (Phi) is 7.65. The summed E-state index contributed by atoms with van der Waals surface area (Å²) < 4.78 is 23.2. The number of aryl methyl sites for hydroxylation is 2. The van der Waals surface area contributed by atoms with Gasteiger partial charge in [-0.2, -0.15) is 5.26 Å². The lowest BCUT2D eigenvalue weighted by molar-refractivity contribution is 0.0612. The molecule has 212 valence electrons. The van der Waals surface area contributed by atoms with Crippen molar-refractivity contribution in [2.24, 2.45) is 11.7 Å². The number of fused-ring (bicyclic) bond motifs is 1. The standard InChI is InChI=1S/C34H38FN5O/c1-21-12-27(13-22(2)23(21)3)34-33(25-4-5-26(16-36)31(35)14-25)30-15-29(20-39-9-6-28(37)19-39)40(32(30)17-38-34)18-24-7-10-41-11-8-24/h4-5,12-15,17,24,28H,6-11,18-20,37H2,1-3H3/t28-/m0/s1. The van der Waals surface area contributed by atoms with Crippen LogP contribution in [0.2, 0.25) is 0 Å². The van der Waals surface area contributed by atoms with Crippen molar-refractivity contribution in [3.8, 4) is 28.5 Å². The summed E-state index contributed by atoms with van der Waals surface area (Å²) in [5, 5.41) is 10.4. The molecule has 0 amide bonds. The summed E-state index contributed by atoms with van der Waals surface area (Å²) >= 11 is 0. The maximum absolute atomic E-state index is 15.1. The first-order valence-corrected chi connectivity index (χ1v) is 14.7. The van der Waals surface area contributed by atoms with Crippen molar-refractivity contribution in [3.05, 3.63) is 76.4 Å². The molecular weight excluding hydrogens is 513 g/mol. The molecular formula is C34H38FN5O. The molecule has 2 aliphatic heterocycles. The van der Waals surface area contributed by atoms with Crippen molar-refractivity contribution in [2.75, 3.05) is 26.3 Å². The highest BCUT2D eigenvalue weighted by molar-refractivity contribution is 6.02. The zero-order valence-electron chi connectivity index (χ0n) is 24.2. The molecule has 2 aromatic heterocycles. The number of aromatic nitrogens is 2. The van der Waals surface area contributed by atoms with Crippen LogP contribution in [0, 0.1) is 43.8 Å². The molecule has 1 atom stereocenters. The Labute approximate surface area is 241 Å². The fourth-order valence-corrected chi connectivity index (χ4v) is 6.49. The van der Waals surface area contributed by atoms with Crippen LogP contribution in [-0.4, -0.2) is 46.8 Å². The van der Waals surface area contributed by atoms with E-state index in [2.05, 4.69) is 48.4 Å². The van der Waals surface area contributed by atoms with Crippen molar-refractivity contribution >= 4 is 10.9 Å². The van der Waals surface area contributed by atoms with Crippen LogP contribution in [0.15, 0.2) is 42.6 Å². The fraction of sp³-hybridized carbons (Fsp3) is 0.412. The maximum Gasteiger partial charge on any atom is 0.141 e. The highest BCUT2D eigenvalue weighted by atomic mass is 19.1. The van der Waals surface area contributed by atoms with E-state index in [-0.39, 0.29) is 11.6 Å². The predicted molar refractivity (Wildman–Crippen MR) is 161 cm³/mol. The second-order valence-corrected chi connectivity index (χ2v) is 11.9. The van der Waals surface area contributed by atoms with E-state index in [9.17, 15) is 5.26 Å². The molecule has 2 fully saturated rings. The highest BCUT2D eigenvalue weighted by Gasteiger charge is 2.25. The van der Waals surface area contributed by atoms with Crippen molar-refractivity contribution in [3.63, 3.8) is 0 Å². The lowest BCUT2D eigenvalue weighted by Crippen LogP contribution is -2.28. The van der Waals surface area contributed by atoms with Gasteiger partial charge in [-0.15, -0.1) is 0 Å². The number of halogens is 1. The number of rotatable bonds is 6. The second kappa shape index (κ2) is 11.4. The number of nitriles is 1. The van der Waals surface area contributed by atoms with Gasteiger partial charge in [0.2, 0.25) is 0 Å². The molecule has 4 heterocycles. The lowest BCUT2D eigenvalue weighted by atomic mass is 9.92. The number of hydrogen-bond donors (Lipinski definition) is 1. The molecule has 0 saturated carbocycles. The molecule has 2 N–H and O–H groups in total. The van der Waals surface area contributed by atoms with Gasteiger partial charge in [0.25, 0.3) is 0 Å². The van der Waals surface area contributed by atoms with E-state index in [1.54, 1.807) is 6.07 Å². The third kappa shape index (κ3) is 5.40. The summed E-state index contributed by atoms with van der Waals surface area (Å²) in [4.78, 5) is 7.51. The van der Waals surface area contributed by atoms with Crippen LogP contribution in [0.3, 0.4) is 0 Å². The minimum atomic E-state index is -0.517. The van der Waals surface area contributed by atoms with Crippen LogP contribution < -0.4 is 5.73 Å². The third-order valence-corrected chi connectivity index (χ3v) is 9.10. The number of likely N-dealkylation sites (tertiary alicyclic amines) is 1. The van der Waals surface area contributed by atoms with Gasteiger partial charge in [0.15, 0.2) is 0 Å². The van der Waals surface area contributed by atoms with E-state index >= 15 is 4.39 Å². The Morgan fingerprint density at radius 3 is 2.46 bits per heavy atom. The minimum absolute atomic E-state index is 0.0422. The van der Waals surface area contributed by atoms with E-state index in [0.717, 1.165) is 91.9 Å². The molecule has 2 saturated heterocycles. The number of nitrogens with zero attached hydrogens (tertiary/aromatic N) is 4. The van der Waals surface area contributed by atoms with Gasteiger partial charge in [0.1, 0.15) is 11.9 Å². The van der Waals surface area contributed by atoms with Gasteiger partial charge in [0, 0.05) is 67.6 Å². The molecule has 0 bridgehead atoms. The van der Waals surface area contributed by atoms with Crippen molar-refractivity contribution in [1.82, 2.24) is 14.5 Å². The Hall–Kier alpha value is -3.57. The monoisotopic (exact) mass is 551 g/mol. The van der Waals surface area contributed by atoms with Crippen LogP contribution >= 0.6 is 0 Å². The molecule has 41 heavy (non-hydrogen) atoms. The Bertz CT molecular complexity index is 1620. The molecule has 2 aliphatic rings. The first-order chi connectivity index (χ1) is 19.8. The molecule has 4 aromatic rings. The van der Waals surface area contributed by atoms with Gasteiger partial charge >= 0.3 is 0 Å². The number of nitrogens with two attached hydrogens (primary N) is 1. The van der Waals surface area contributed by atoms with E-state index in [0.29, 0.717) is 5.92 Å². The number of hydrogen-bond acceptors (Lipinski definition) is 5. The van der Waals surface area contributed by atoms with Gasteiger partial charge in [0.05, 0.1) is 23.0 Å². The summed E-state index contributed by atoms with van der Waals surface area (Å²) in [6.45, 7) is 11.5. The summed E-state index contributed by atoms with van der Waals surface area (Å²) in [5.41, 5.74) is 15.7. The van der Waals surface area contributed by atoms with E-state index in [4.69, 9.17) is 15.5 Å². The SMILES string of the molecule is Cc1cc(-c2ncc3c(cc(CN4CC[C@H](N)C4)n3CC3CCOCC3)c2-c2ccc(C#N)c(F)c2)cc(C)c1C. The van der Waals surface area contributed by atoms with Gasteiger partial charge in [-0.25, -0.2) is 4.39 Å². The predicted octanol–water partition coefficient (Wildman–Crippen LogP) is 6.27. The molecule has 6 rings (SSSR count). The van der Waals surface area contributed by atoms with Gasteiger partial charge in [-0.05, 0) is 98.5 Å². The third-order valence-electron chi connectivity index (χ3n) is 9.10. The lowest BCUT2D eigenvalue weighted by Gasteiger charge is -2.25. The quantitative estimate of drug-likeness (QED) is 0.306. The van der Waals surface area contributed by atoms with Crippen LogP contribution in [0.1, 0.15) is 47.2 Å². The Morgan fingerprint density at radius 2 is 1.80 bits per heavy atom. The average molecular weight is 552 g/mol. The minimum Gasteiger partial charge on any atom is -0.381 e. The van der Waals surface area contributed by atoms with E-state index < -0.39 is 5.82 Å². The van der Waals surface area contributed by atoms with E-state index in [1.807, 2.05) is 18.3 Å². The second-order valence-electron chi connectivity index (χ2n) is 11.9. The van der Waals surface area contributed by atoms with Crippen molar-refractivity contribution < 1.29 is 9.13 Å². The highest BCUT2D eigenvalue weighted by Crippen LogP contribution is 2.40. The summed E-state index contributed by atoms with van der Waals surface area (Å²) in [5.74, 6) is 0.00829. The van der Waals surface area contributed by atoms with Crippen molar-refractivity contribution in [2.45, 2.75) is 59.2 Å². The Balaban J connectivity index is 1.58. The molecule has 0 spiro atoms. The van der Waals surface area contributed by atoms with Crippen LogP contribution in [0.5, 0.6) is 0 Å². The number of ether oxygens (including phenoxy) is 1. The average Bonchev–Trinajstić information content (AvgIpc) is 3.53. The first-order valence-electron chi connectivity index (χ1n) is 14.7. The zero-order chi connectivity index (χ0) is 28.7. The maximum atomic E-state index is 15.1. The van der Waals surface area contributed by atoms with Crippen molar-refractivity contribution in [1.29, 1.82) is 5.26 Å².